The van der Waals surface area contributed by atoms with Crippen molar-refractivity contribution < 1.29 is 23.9 Å². The number of ether oxygens (including phenoxy) is 2. The number of carbonyl (C=O) groups is 3. The Morgan fingerprint density at radius 1 is 0.977 bits per heavy atom. The lowest BCUT2D eigenvalue weighted by Crippen LogP contribution is -2.32. The molecule has 1 saturated heterocycles. The van der Waals surface area contributed by atoms with Crippen LogP contribution in [0.4, 0.5) is 11.4 Å². The highest BCUT2D eigenvalue weighted by Crippen LogP contribution is 2.53. The number of imide groups is 1. The average molecular weight is 735 g/mol. The van der Waals surface area contributed by atoms with Crippen LogP contribution in [-0.4, -0.2) is 41.2 Å². The third kappa shape index (κ3) is 5.89. The van der Waals surface area contributed by atoms with Crippen LogP contribution in [0.1, 0.15) is 23.3 Å². The van der Waals surface area contributed by atoms with E-state index < -0.39 is 23.0 Å². The van der Waals surface area contributed by atoms with Crippen molar-refractivity contribution in [2.24, 2.45) is 5.92 Å². The Labute approximate surface area is 278 Å². The van der Waals surface area contributed by atoms with E-state index in [9.17, 15) is 19.2 Å². The minimum atomic E-state index is -0.756. The molecule has 0 unspecified atom stereocenters. The summed E-state index contributed by atoms with van der Waals surface area (Å²) in [5, 5.41) is 3.22. The number of hydrogen-bond acceptors (Lipinski definition) is 8. The van der Waals surface area contributed by atoms with Gasteiger partial charge in [0.15, 0.2) is 18.1 Å². The number of aromatic nitrogens is 1. The van der Waals surface area contributed by atoms with Gasteiger partial charge in [0.25, 0.3) is 5.91 Å². The minimum Gasteiger partial charge on any atom is -0.490 e. The molecule has 0 saturated carbocycles. The highest BCUT2D eigenvalue weighted by atomic mass is 79.9. The lowest BCUT2D eigenvalue weighted by Gasteiger charge is -2.30. The molecule has 2 aliphatic rings. The quantitative estimate of drug-likeness (QED) is 0.193. The fourth-order valence-electron chi connectivity index (χ4n) is 5.24. The Morgan fingerprint density at radius 3 is 2.48 bits per heavy atom. The Kier molecular flexibility index (Phi) is 8.80. The number of aromatic amines is 1. The van der Waals surface area contributed by atoms with E-state index in [1.807, 2.05) is 6.92 Å². The monoisotopic (exact) mass is 733 g/mol. The Balaban J connectivity index is 1.30. The number of thiazole rings is 1. The van der Waals surface area contributed by atoms with E-state index in [-0.39, 0.29) is 23.3 Å². The second-order valence-electron chi connectivity index (χ2n) is 9.84. The molecule has 3 heterocycles. The molecule has 9 nitrogen and oxygen atoms in total. The number of H-pyrrole nitrogens is 1. The van der Waals surface area contributed by atoms with Crippen LogP contribution in [0, 0.1) is 5.92 Å². The van der Waals surface area contributed by atoms with Gasteiger partial charge in [0.2, 0.25) is 11.8 Å². The summed E-state index contributed by atoms with van der Waals surface area (Å²) in [5.41, 5.74) is 1.62. The highest BCUT2D eigenvalue weighted by molar-refractivity contribution is 9.10. The van der Waals surface area contributed by atoms with Gasteiger partial charge in [-0.25, -0.2) is 4.90 Å². The predicted octanol–water partition coefficient (Wildman–Crippen LogP) is 6.72. The van der Waals surface area contributed by atoms with Gasteiger partial charge in [-0.05, 0) is 67.1 Å². The van der Waals surface area contributed by atoms with Crippen LogP contribution in [0.5, 0.6) is 11.5 Å². The lowest BCUT2D eigenvalue weighted by molar-refractivity contribution is -0.122. The van der Waals surface area contributed by atoms with Crippen LogP contribution in [0.15, 0.2) is 75.0 Å². The maximum Gasteiger partial charge on any atom is 0.305 e. The van der Waals surface area contributed by atoms with E-state index in [0.717, 1.165) is 15.8 Å². The van der Waals surface area contributed by atoms with Crippen LogP contribution >= 0.6 is 62.2 Å². The third-order valence-electron chi connectivity index (χ3n) is 7.10. The molecule has 2 aliphatic heterocycles. The first-order chi connectivity index (χ1) is 21.1. The van der Waals surface area contributed by atoms with Gasteiger partial charge in [-0.1, -0.05) is 68.3 Å². The smallest absolute Gasteiger partial charge is 0.305 e. The zero-order valence-corrected chi connectivity index (χ0v) is 27.5. The molecule has 1 fully saturated rings. The molecule has 3 aromatic carbocycles. The average Bonchev–Trinajstić information content (AvgIpc) is 3.49. The van der Waals surface area contributed by atoms with Crippen molar-refractivity contribution in [3.63, 3.8) is 0 Å². The second-order valence-corrected chi connectivity index (χ2v) is 13.7. The third-order valence-corrected chi connectivity index (χ3v) is 10.8. The molecule has 2 N–H and O–H groups in total. The van der Waals surface area contributed by atoms with E-state index >= 15 is 0 Å². The maximum atomic E-state index is 14.0. The number of benzene rings is 3. The van der Waals surface area contributed by atoms with E-state index in [2.05, 4.69) is 26.2 Å². The number of fused-ring (bicyclic) bond motifs is 2. The molecular weight excluding hydrogens is 713 g/mol. The van der Waals surface area contributed by atoms with E-state index in [1.165, 1.54) is 22.7 Å². The zero-order chi connectivity index (χ0) is 31.1. The maximum absolute atomic E-state index is 14.0. The van der Waals surface area contributed by atoms with E-state index in [0.29, 0.717) is 55.0 Å². The van der Waals surface area contributed by atoms with E-state index in [1.54, 1.807) is 54.6 Å². The number of thioether (sulfide) groups is 1. The van der Waals surface area contributed by atoms with Crippen LogP contribution in [0.3, 0.4) is 0 Å². The standard InChI is InChI=1S/C30H22BrCl2N3O6S2/c1-2-41-21-11-14(3-10-20(21)42-13-22(37)34-16-6-9-18(32)19(33)12-16)23-24-26(43-27-25(23)44-30(40)35-27)29(39)36(28(24)38)17-7-4-15(31)5-8-17/h3-12,23-24,26H,2,13H2,1H3,(H,34,37)(H,35,40)/t23-,24-,26+/m0/s1. The molecule has 0 bridgehead atoms. The molecule has 44 heavy (non-hydrogen) atoms. The molecule has 3 amide bonds. The first-order valence-electron chi connectivity index (χ1n) is 13.3. The molecular formula is C30H22BrCl2N3O6S2. The van der Waals surface area contributed by atoms with Crippen LogP contribution < -0.4 is 24.6 Å². The zero-order valence-electron chi connectivity index (χ0n) is 22.8. The normalized spacial score (nSPS) is 19.0. The molecule has 0 aliphatic carbocycles. The van der Waals surface area contributed by atoms with Gasteiger partial charge in [-0.15, -0.1) is 0 Å². The predicted molar refractivity (Wildman–Crippen MR) is 175 cm³/mol. The number of anilines is 2. The van der Waals surface area contributed by atoms with Gasteiger partial charge >= 0.3 is 4.87 Å². The number of nitrogens with zero attached hydrogens (tertiary/aromatic N) is 1. The summed E-state index contributed by atoms with van der Waals surface area (Å²) >= 11 is 17.6. The second kappa shape index (κ2) is 12.6. The molecule has 3 atom stereocenters. The van der Waals surface area contributed by atoms with Crippen LogP contribution in [-0.2, 0) is 14.4 Å². The fraction of sp³-hybridized carbons (Fsp3) is 0.200. The van der Waals surface area contributed by atoms with Gasteiger partial charge in [-0.3, -0.25) is 19.2 Å². The van der Waals surface area contributed by atoms with Gasteiger partial charge in [-0.2, -0.15) is 0 Å². The summed E-state index contributed by atoms with van der Waals surface area (Å²) < 4.78 is 12.5. The van der Waals surface area contributed by atoms with Crippen LogP contribution in [0.25, 0.3) is 0 Å². The number of halogens is 3. The molecule has 0 radical (unpaired) electrons. The Morgan fingerprint density at radius 2 is 1.75 bits per heavy atom. The summed E-state index contributed by atoms with van der Waals surface area (Å²) in [7, 11) is 0. The lowest BCUT2D eigenvalue weighted by atomic mass is 9.83. The van der Waals surface area contributed by atoms with Gasteiger partial charge in [0.05, 0.1) is 33.3 Å². The minimum absolute atomic E-state index is 0.268. The number of nitrogens with one attached hydrogen (secondary N) is 2. The number of hydrogen-bond donors (Lipinski definition) is 2. The van der Waals surface area contributed by atoms with Crippen molar-refractivity contribution in [2.45, 2.75) is 23.1 Å². The van der Waals surface area contributed by atoms with Crippen LogP contribution in [0.2, 0.25) is 10.0 Å². The highest BCUT2D eigenvalue weighted by Gasteiger charge is 2.56. The first kappa shape index (κ1) is 30.7. The Bertz CT molecular complexity index is 1850. The number of amides is 3. The summed E-state index contributed by atoms with van der Waals surface area (Å²) in [5.74, 6) is -1.79. The molecule has 226 valence electrons. The van der Waals surface area contributed by atoms with Gasteiger partial charge < -0.3 is 19.8 Å². The summed E-state index contributed by atoms with van der Waals surface area (Å²) in [6, 6.07) is 16.9. The molecule has 4 aromatic rings. The topological polar surface area (TPSA) is 118 Å². The van der Waals surface area contributed by atoms with Gasteiger partial charge in [0, 0.05) is 21.0 Å². The Hall–Kier alpha value is -3.29. The van der Waals surface area contributed by atoms with Crippen molar-refractivity contribution >= 4 is 91.3 Å². The van der Waals surface area contributed by atoms with E-state index in [4.69, 9.17) is 32.7 Å². The van der Waals surface area contributed by atoms with Crippen molar-refractivity contribution in [3.05, 3.63) is 95.3 Å². The summed E-state index contributed by atoms with van der Waals surface area (Å²) in [4.78, 5) is 57.1. The number of rotatable bonds is 8. The largest absolute Gasteiger partial charge is 0.490 e. The first-order valence-corrected chi connectivity index (χ1v) is 16.6. The van der Waals surface area contributed by atoms with Crippen molar-refractivity contribution in [3.8, 4) is 11.5 Å². The van der Waals surface area contributed by atoms with Crippen molar-refractivity contribution in [1.29, 1.82) is 0 Å². The van der Waals surface area contributed by atoms with Crippen molar-refractivity contribution in [2.75, 3.05) is 23.4 Å². The van der Waals surface area contributed by atoms with Crippen molar-refractivity contribution in [1.82, 2.24) is 4.98 Å². The molecule has 1 aromatic heterocycles. The molecule has 0 spiro atoms. The fourth-order valence-corrected chi connectivity index (χ4v) is 8.32. The summed E-state index contributed by atoms with van der Waals surface area (Å²) in [6.07, 6.45) is 0. The summed E-state index contributed by atoms with van der Waals surface area (Å²) in [6.45, 7) is 1.80. The van der Waals surface area contributed by atoms with Gasteiger partial charge in [0.1, 0.15) is 5.25 Å². The SMILES string of the molecule is CCOc1cc([C@@H]2c3sc(=O)[nH]c3S[C@H]3C(=O)N(c4ccc(Br)cc4)C(=O)[C@@H]23)ccc1OCC(=O)Nc1ccc(Cl)c(Cl)c1. The molecule has 6 rings (SSSR count). The molecule has 14 heteroatoms. The number of carbonyl (C=O) groups excluding carboxylic acids is 3.